The Balaban J connectivity index is 1.86. The topological polar surface area (TPSA) is 23.5 Å². The van der Waals surface area contributed by atoms with E-state index < -0.39 is 0 Å². The molecule has 1 heterocycles. The van der Waals surface area contributed by atoms with Gasteiger partial charge in [-0.1, -0.05) is 33.1 Å². The van der Waals surface area contributed by atoms with Crippen LogP contribution in [0.5, 0.6) is 0 Å². The first-order valence-electron chi connectivity index (χ1n) is 7.44. The Morgan fingerprint density at radius 2 is 1.59 bits per heavy atom. The molecule has 0 unspecified atom stereocenters. The lowest BCUT2D eigenvalue weighted by atomic mass is 9.84. The van der Waals surface area contributed by atoms with Gasteiger partial charge in [-0.05, 0) is 50.6 Å². The van der Waals surface area contributed by atoms with Crippen molar-refractivity contribution in [2.75, 3.05) is 19.6 Å². The van der Waals surface area contributed by atoms with Crippen LogP contribution in [0.15, 0.2) is 0 Å². The summed E-state index contributed by atoms with van der Waals surface area (Å²) in [5.41, 5.74) is 0.136. The minimum Gasteiger partial charge on any atom is -0.389 e. The molecule has 0 amide bonds. The van der Waals surface area contributed by atoms with Crippen LogP contribution in [0.4, 0.5) is 0 Å². The van der Waals surface area contributed by atoms with Crippen molar-refractivity contribution in [3.05, 3.63) is 0 Å². The smallest absolute Gasteiger partial charge is 0.0774 e. The molecule has 2 rings (SSSR count). The molecule has 2 heteroatoms. The molecular formula is C15H29NO. The third-order valence-electron chi connectivity index (χ3n) is 4.73. The molecule has 1 saturated heterocycles. The Labute approximate surface area is 106 Å². The monoisotopic (exact) mass is 239 g/mol. The number of likely N-dealkylation sites (tertiary alicyclic amines) is 1. The number of β-amino-alcohol motifs (C(OH)–C–C–N with tert-alkyl or cyclic N) is 1. The van der Waals surface area contributed by atoms with Gasteiger partial charge in [0, 0.05) is 6.54 Å². The molecule has 0 radical (unpaired) electrons. The minimum absolute atomic E-state index is 0.368. The molecule has 0 aromatic carbocycles. The molecule has 1 aliphatic heterocycles. The maximum atomic E-state index is 10.6. The number of aliphatic hydroxyl groups is 1. The zero-order chi connectivity index (χ0) is 12.4. The van der Waals surface area contributed by atoms with Crippen LogP contribution >= 0.6 is 0 Å². The van der Waals surface area contributed by atoms with Crippen LogP contribution in [0.1, 0.15) is 65.2 Å². The van der Waals surface area contributed by atoms with E-state index in [-0.39, 0.29) is 5.60 Å². The number of hydrogen-bond donors (Lipinski definition) is 1. The van der Waals surface area contributed by atoms with E-state index >= 15 is 0 Å². The van der Waals surface area contributed by atoms with E-state index in [2.05, 4.69) is 18.7 Å². The van der Waals surface area contributed by atoms with Crippen LogP contribution in [-0.4, -0.2) is 35.2 Å². The standard InChI is InChI=1S/C15H29NO/c1-14(2)7-6-11-16(12-10-14)13-15(17)8-4-3-5-9-15/h17H,3-13H2,1-2H3. The first-order chi connectivity index (χ1) is 7.99. The maximum Gasteiger partial charge on any atom is 0.0774 e. The van der Waals surface area contributed by atoms with Crippen LogP contribution in [0, 0.1) is 5.41 Å². The molecule has 0 aromatic heterocycles. The Bertz CT molecular complexity index is 243. The van der Waals surface area contributed by atoms with Crippen molar-refractivity contribution in [2.45, 2.75) is 70.8 Å². The predicted molar refractivity (Wildman–Crippen MR) is 72.1 cm³/mol. The molecule has 0 bridgehead atoms. The number of rotatable bonds is 2. The summed E-state index contributed by atoms with van der Waals surface area (Å²) < 4.78 is 0. The van der Waals surface area contributed by atoms with Gasteiger partial charge in [0.1, 0.15) is 0 Å². The SMILES string of the molecule is CC1(C)CCCN(CC2(O)CCCCC2)CC1. The Hall–Kier alpha value is -0.0800. The van der Waals surface area contributed by atoms with Crippen molar-refractivity contribution in [3.8, 4) is 0 Å². The molecule has 1 saturated carbocycles. The second-order valence-electron chi connectivity index (χ2n) is 7.08. The van der Waals surface area contributed by atoms with Crippen LogP contribution < -0.4 is 0 Å². The van der Waals surface area contributed by atoms with Crippen molar-refractivity contribution in [3.63, 3.8) is 0 Å². The highest BCUT2D eigenvalue weighted by Gasteiger charge is 2.32. The molecule has 2 fully saturated rings. The van der Waals surface area contributed by atoms with Crippen molar-refractivity contribution >= 4 is 0 Å². The van der Waals surface area contributed by atoms with Crippen LogP contribution in [0.2, 0.25) is 0 Å². The van der Waals surface area contributed by atoms with Crippen LogP contribution in [0.3, 0.4) is 0 Å². The van der Waals surface area contributed by atoms with Gasteiger partial charge >= 0.3 is 0 Å². The highest BCUT2D eigenvalue weighted by molar-refractivity contribution is 4.87. The van der Waals surface area contributed by atoms with Gasteiger partial charge in [-0.15, -0.1) is 0 Å². The molecule has 1 N–H and O–H groups in total. The molecule has 17 heavy (non-hydrogen) atoms. The second kappa shape index (κ2) is 5.27. The molecule has 1 aliphatic carbocycles. The van der Waals surface area contributed by atoms with Gasteiger partial charge < -0.3 is 10.0 Å². The highest BCUT2D eigenvalue weighted by Crippen LogP contribution is 2.33. The fraction of sp³-hybridized carbons (Fsp3) is 1.00. The van der Waals surface area contributed by atoms with E-state index in [1.54, 1.807) is 0 Å². The van der Waals surface area contributed by atoms with Crippen molar-refractivity contribution in [1.82, 2.24) is 4.90 Å². The van der Waals surface area contributed by atoms with Crippen molar-refractivity contribution < 1.29 is 5.11 Å². The number of nitrogens with zero attached hydrogens (tertiary/aromatic N) is 1. The van der Waals surface area contributed by atoms with Crippen LogP contribution in [0.25, 0.3) is 0 Å². The first-order valence-corrected chi connectivity index (χ1v) is 7.44. The Morgan fingerprint density at radius 1 is 0.882 bits per heavy atom. The van der Waals surface area contributed by atoms with E-state index in [0.29, 0.717) is 5.41 Å². The molecule has 0 aromatic rings. The molecule has 2 nitrogen and oxygen atoms in total. The quantitative estimate of drug-likeness (QED) is 0.800. The Kier molecular flexibility index (Phi) is 4.14. The lowest BCUT2D eigenvalue weighted by Crippen LogP contribution is -2.44. The van der Waals surface area contributed by atoms with E-state index in [9.17, 15) is 5.11 Å². The predicted octanol–water partition coefficient (Wildman–Crippen LogP) is 3.19. The zero-order valence-corrected chi connectivity index (χ0v) is 11.7. The third kappa shape index (κ3) is 3.96. The van der Waals surface area contributed by atoms with Gasteiger partial charge in [-0.25, -0.2) is 0 Å². The van der Waals surface area contributed by atoms with Gasteiger partial charge in [-0.2, -0.15) is 0 Å². The van der Waals surface area contributed by atoms with Gasteiger partial charge in [0.2, 0.25) is 0 Å². The van der Waals surface area contributed by atoms with E-state index in [1.165, 1.54) is 51.6 Å². The molecule has 100 valence electrons. The summed E-state index contributed by atoms with van der Waals surface area (Å²) in [6, 6.07) is 0. The summed E-state index contributed by atoms with van der Waals surface area (Å²) >= 11 is 0. The zero-order valence-electron chi connectivity index (χ0n) is 11.7. The third-order valence-corrected chi connectivity index (χ3v) is 4.73. The second-order valence-corrected chi connectivity index (χ2v) is 7.08. The van der Waals surface area contributed by atoms with Gasteiger partial charge in [0.05, 0.1) is 5.60 Å². The van der Waals surface area contributed by atoms with Crippen LogP contribution in [-0.2, 0) is 0 Å². The van der Waals surface area contributed by atoms with E-state index in [4.69, 9.17) is 0 Å². The van der Waals surface area contributed by atoms with Gasteiger partial charge in [-0.3, -0.25) is 0 Å². The maximum absolute atomic E-state index is 10.6. The summed E-state index contributed by atoms with van der Waals surface area (Å²) in [7, 11) is 0. The molecule has 2 aliphatic rings. The fourth-order valence-electron chi connectivity index (χ4n) is 3.42. The fourth-order valence-corrected chi connectivity index (χ4v) is 3.42. The van der Waals surface area contributed by atoms with E-state index in [0.717, 1.165) is 19.4 Å². The molecular weight excluding hydrogens is 210 g/mol. The summed E-state index contributed by atoms with van der Waals surface area (Å²) in [6.45, 7) is 8.04. The van der Waals surface area contributed by atoms with E-state index in [1.807, 2.05) is 0 Å². The largest absolute Gasteiger partial charge is 0.389 e. The summed E-state index contributed by atoms with van der Waals surface area (Å²) in [5, 5.41) is 10.6. The lowest BCUT2D eigenvalue weighted by Gasteiger charge is -2.36. The van der Waals surface area contributed by atoms with Crippen molar-refractivity contribution in [2.24, 2.45) is 5.41 Å². The summed E-state index contributed by atoms with van der Waals surface area (Å²) in [6.07, 6.45) is 9.70. The van der Waals surface area contributed by atoms with Gasteiger partial charge in [0.15, 0.2) is 0 Å². The lowest BCUT2D eigenvalue weighted by molar-refractivity contribution is -0.0259. The molecule has 0 spiro atoms. The average Bonchev–Trinajstić information content (AvgIpc) is 2.41. The molecule has 0 atom stereocenters. The highest BCUT2D eigenvalue weighted by atomic mass is 16.3. The average molecular weight is 239 g/mol. The minimum atomic E-state index is -0.368. The Morgan fingerprint density at radius 3 is 2.29 bits per heavy atom. The normalized spacial score (nSPS) is 29.8. The van der Waals surface area contributed by atoms with Gasteiger partial charge in [0.25, 0.3) is 0 Å². The van der Waals surface area contributed by atoms with Crippen molar-refractivity contribution in [1.29, 1.82) is 0 Å². The first kappa shape index (κ1) is 13.4. The summed E-state index contributed by atoms with van der Waals surface area (Å²) in [5.74, 6) is 0. The number of hydrogen-bond acceptors (Lipinski definition) is 2. The summed E-state index contributed by atoms with van der Waals surface area (Å²) in [4.78, 5) is 2.51.